The van der Waals surface area contributed by atoms with Gasteiger partial charge < -0.3 is 10.2 Å². The van der Waals surface area contributed by atoms with Crippen molar-refractivity contribution in [3.63, 3.8) is 0 Å². The SMILES string of the molecule is CCCCCC(CCC(C)C(=O)NNC(=O)c1cccc(CCCC)c1O)C(=O)NNC(=O)c1cccc(CCCC)c1O. The molecule has 2 rings (SSSR count). The number of phenolic OH excluding ortho intramolecular Hbond substituents is 2. The van der Waals surface area contributed by atoms with Gasteiger partial charge in [0.15, 0.2) is 0 Å². The number of nitrogens with one attached hydrogen (secondary N) is 4. The molecule has 0 aromatic heterocycles. The Morgan fingerprint density at radius 2 is 1.09 bits per heavy atom. The summed E-state index contributed by atoms with van der Waals surface area (Å²) in [5, 5.41) is 21.0. The van der Waals surface area contributed by atoms with Crippen LogP contribution in [0.1, 0.15) is 124 Å². The van der Waals surface area contributed by atoms with Gasteiger partial charge in [-0.2, -0.15) is 0 Å². The smallest absolute Gasteiger partial charge is 0.273 e. The van der Waals surface area contributed by atoms with E-state index in [-0.39, 0.29) is 28.5 Å². The number of phenols is 2. The number of hydrazine groups is 2. The minimum Gasteiger partial charge on any atom is -0.507 e. The molecule has 0 bridgehead atoms. The lowest BCUT2D eigenvalue weighted by Crippen LogP contribution is -2.45. The van der Waals surface area contributed by atoms with Gasteiger partial charge in [-0.1, -0.05) is 84.1 Å². The van der Waals surface area contributed by atoms with Crippen LogP contribution < -0.4 is 21.7 Å². The van der Waals surface area contributed by atoms with Crippen molar-refractivity contribution in [3.05, 3.63) is 58.7 Å². The van der Waals surface area contributed by atoms with Crippen LogP contribution in [0.25, 0.3) is 0 Å². The highest BCUT2D eigenvalue weighted by atomic mass is 16.3. The molecule has 0 saturated heterocycles. The lowest BCUT2D eigenvalue weighted by Gasteiger charge is -2.20. The number of aryl methyl sites for hydroxylation is 2. The molecule has 0 radical (unpaired) electrons. The lowest BCUT2D eigenvalue weighted by molar-refractivity contribution is -0.128. The van der Waals surface area contributed by atoms with Gasteiger partial charge in [0.2, 0.25) is 11.8 Å². The van der Waals surface area contributed by atoms with Crippen LogP contribution in [-0.4, -0.2) is 33.8 Å². The maximum Gasteiger partial charge on any atom is 0.273 e. The standard InChI is InChI=1S/C34H50N4O6/c1-5-8-11-16-26(32(42)36-38-34(44)28-20-13-18-25(30(28)40)15-10-7-3)22-21-23(4)31(41)35-37-33(43)27-19-12-17-24(29(27)39)14-9-6-2/h12-13,17-20,23,26,39-40H,5-11,14-16,21-22H2,1-4H3,(H,35,41)(H,36,42)(H,37,43)(H,38,44). The fourth-order valence-corrected chi connectivity index (χ4v) is 4.91. The van der Waals surface area contributed by atoms with E-state index in [0.717, 1.165) is 44.9 Å². The molecule has 0 heterocycles. The second kappa shape index (κ2) is 19.2. The first kappa shape index (κ1) is 36.1. The van der Waals surface area contributed by atoms with Crippen molar-refractivity contribution in [2.24, 2.45) is 11.8 Å². The number of rotatable bonds is 17. The highest BCUT2D eigenvalue weighted by Gasteiger charge is 2.23. The Hall–Kier alpha value is -4.08. The van der Waals surface area contributed by atoms with E-state index in [9.17, 15) is 29.4 Å². The minimum absolute atomic E-state index is 0.0847. The van der Waals surface area contributed by atoms with Gasteiger partial charge in [-0.15, -0.1) is 0 Å². The number of benzene rings is 2. The number of carbonyl (C=O) groups excluding carboxylic acids is 4. The van der Waals surface area contributed by atoms with Crippen LogP contribution in [0.3, 0.4) is 0 Å². The molecule has 0 saturated carbocycles. The fourth-order valence-electron chi connectivity index (χ4n) is 4.91. The molecule has 0 aliphatic rings. The second-order valence-corrected chi connectivity index (χ2v) is 11.4. The third-order valence-corrected chi connectivity index (χ3v) is 7.85. The van der Waals surface area contributed by atoms with E-state index in [1.165, 1.54) is 12.1 Å². The van der Waals surface area contributed by atoms with Gasteiger partial charge in [-0.05, 0) is 68.2 Å². The maximum atomic E-state index is 13.1. The predicted octanol–water partition coefficient (Wildman–Crippen LogP) is 5.62. The van der Waals surface area contributed by atoms with Crippen LogP contribution in [0, 0.1) is 11.8 Å². The lowest BCUT2D eigenvalue weighted by atomic mass is 9.91. The topological polar surface area (TPSA) is 157 Å². The molecule has 2 atom stereocenters. The van der Waals surface area contributed by atoms with Gasteiger partial charge in [0, 0.05) is 11.8 Å². The monoisotopic (exact) mass is 610 g/mol. The summed E-state index contributed by atoms with van der Waals surface area (Å²) >= 11 is 0. The van der Waals surface area contributed by atoms with Crippen LogP contribution in [0.15, 0.2) is 36.4 Å². The number of hydrogen-bond donors (Lipinski definition) is 6. The molecule has 242 valence electrons. The van der Waals surface area contributed by atoms with Gasteiger partial charge in [0.05, 0.1) is 11.1 Å². The molecule has 0 aliphatic carbocycles. The summed E-state index contributed by atoms with van der Waals surface area (Å²) in [4.78, 5) is 51.2. The third-order valence-electron chi connectivity index (χ3n) is 7.85. The molecule has 2 aromatic rings. The molecule has 0 aliphatic heterocycles. The summed E-state index contributed by atoms with van der Waals surface area (Å²) in [6, 6.07) is 9.97. The average molecular weight is 611 g/mol. The van der Waals surface area contributed by atoms with E-state index in [1.807, 2.05) is 13.8 Å². The van der Waals surface area contributed by atoms with Crippen molar-refractivity contribution in [2.45, 2.75) is 105 Å². The highest BCUT2D eigenvalue weighted by molar-refractivity contribution is 5.99. The third kappa shape index (κ3) is 11.2. The van der Waals surface area contributed by atoms with E-state index in [2.05, 4.69) is 28.6 Å². The predicted molar refractivity (Wildman–Crippen MR) is 171 cm³/mol. The molecule has 2 aromatic carbocycles. The molecule has 10 heteroatoms. The number of aromatic hydroxyl groups is 2. The Kier molecular flexibility index (Phi) is 15.8. The number of unbranched alkanes of at least 4 members (excludes halogenated alkanes) is 4. The number of para-hydroxylation sites is 2. The molecule has 6 N–H and O–H groups in total. The molecule has 2 unspecified atom stereocenters. The second-order valence-electron chi connectivity index (χ2n) is 11.4. The van der Waals surface area contributed by atoms with Crippen LogP contribution in [-0.2, 0) is 22.4 Å². The van der Waals surface area contributed by atoms with E-state index in [1.54, 1.807) is 31.2 Å². The van der Waals surface area contributed by atoms with Gasteiger partial charge in [-0.3, -0.25) is 40.9 Å². The van der Waals surface area contributed by atoms with Crippen molar-refractivity contribution in [1.82, 2.24) is 21.7 Å². The number of carbonyl (C=O) groups is 4. The molecule has 44 heavy (non-hydrogen) atoms. The van der Waals surface area contributed by atoms with E-state index in [0.29, 0.717) is 43.2 Å². The quantitative estimate of drug-likeness (QED) is 0.101. The van der Waals surface area contributed by atoms with E-state index in [4.69, 9.17) is 0 Å². The largest absolute Gasteiger partial charge is 0.507 e. The van der Waals surface area contributed by atoms with Crippen LogP contribution in [0.5, 0.6) is 11.5 Å². The maximum absolute atomic E-state index is 13.1. The Labute approximate surface area is 261 Å². The van der Waals surface area contributed by atoms with Crippen LogP contribution in [0.2, 0.25) is 0 Å². The van der Waals surface area contributed by atoms with Crippen molar-refractivity contribution < 1.29 is 29.4 Å². The summed E-state index contributed by atoms with van der Waals surface area (Å²) in [7, 11) is 0. The summed E-state index contributed by atoms with van der Waals surface area (Å²) in [6.45, 7) is 7.87. The molecular formula is C34H50N4O6. The fraction of sp³-hybridized carbons (Fsp3) is 0.529. The first-order chi connectivity index (χ1) is 21.1. The van der Waals surface area contributed by atoms with Gasteiger partial charge >= 0.3 is 0 Å². The Balaban J connectivity index is 1.93. The number of hydrogen-bond acceptors (Lipinski definition) is 6. The van der Waals surface area contributed by atoms with E-state index >= 15 is 0 Å². The first-order valence-electron chi connectivity index (χ1n) is 16.0. The van der Waals surface area contributed by atoms with Crippen LogP contribution in [0.4, 0.5) is 0 Å². The molecule has 4 amide bonds. The Morgan fingerprint density at radius 3 is 1.57 bits per heavy atom. The Morgan fingerprint density at radius 1 is 0.614 bits per heavy atom. The average Bonchev–Trinajstić information content (AvgIpc) is 3.02. The zero-order chi connectivity index (χ0) is 32.5. The minimum atomic E-state index is -0.615. The van der Waals surface area contributed by atoms with Gasteiger partial charge in [0.25, 0.3) is 11.8 Å². The van der Waals surface area contributed by atoms with Crippen molar-refractivity contribution in [3.8, 4) is 11.5 Å². The van der Waals surface area contributed by atoms with Crippen molar-refractivity contribution in [1.29, 1.82) is 0 Å². The Bertz CT molecular complexity index is 1250. The zero-order valence-corrected chi connectivity index (χ0v) is 26.6. The van der Waals surface area contributed by atoms with Gasteiger partial charge in [-0.25, -0.2) is 0 Å². The first-order valence-corrected chi connectivity index (χ1v) is 16.0. The molecule has 0 spiro atoms. The summed E-state index contributed by atoms with van der Waals surface area (Å²) in [5.41, 5.74) is 11.3. The van der Waals surface area contributed by atoms with Crippen molar-refractivity contribution in [2.75, 3.05) is 0 Å². The highest BCUT2D eigenvalue weighted by Crippen LogP contribution is 2.25. The zero-order valence-electron chi connectivity index (χ0n) is 26.6. The van der Waals surface area contributed by atoms with Gasteiger partial charge in [0.1, 0.15) is 11.5 Å². The summed E-state index contributed by atoms with van der Waals surface area (Å²) in [6.07, 6.45) is 9.09. The normalized spacial score (nSPS) is 12.2. The van der Waals surface area contributed by atoms with Crippen molar-refractivity contribution >= 4 is 23.6 Å². The molecular weight excluding hydrogens is 560 g/mol. The summed E-state index contributed by atoms with van der Waals surface area (Å²) < 4.78 is 0. The van der Waals surface area contributed by atoms with E-state index < -0.39 is 29.6 Å². The molecule has 10 nitrogen and oxygen atoms in total. The molecule has 0 fully saturated rings. The number of amides is 4. The summed E-state index contributed by atoms with van der Waals surface area (Å²) in [5.74, 6) is -3.14. The van der Waals surface area contributed by atoms with Crippen LogP contribution >= 0.6 is 0 Å².